The van der Waals surface area contributed by atoms with E-state index in [0.29, 0.717) is 23.8 Å². The first kappa shape index (κ1) is 18.2. The zero-order chi connectivity index (χ0) is 19.0. The van der Waals surface area contributed by atoms with Gasteiger partial charge in [-0.25, -0.2) is 0 Å². The van der Waals surface area contributed by atoms with Gasteiger partial charge in [-0.3, -0.25) is 4.79 Å². The molecule has 0 unspecified atom stereocenters. The molecule has 0 spiro atoms. The fourth-order valence-electron chi connectivity index (χ4n) is 3.75. The predicted octanol–water partition coefficient (Wildman–Crippen LogP) is 5.00. The van der Waals surface area contributed by atoms with E-state index in [2.05, 4.69) is 16.8 Å². The number of fused-ring (bicyclic) bond motifs is 1. The van der Waals surface area contributed by atoms with Crippen molar-refractivity contribution < 1.29 is 4.79 Å². The standard InChI is InChI=1S/C21H21Cl2N3O/c1-2-17-18-13-15(23)5-8-19(18)24-20(17)21(27)26-11-9-25(10-12-26)16-6-3-14(22)4-7-16/h3-8,13,24H,2,9-12H2,1H3. The summed E-state index contributed by atoms with van der Waals surface area (Å²) in [7, 11) is 0. The number of carbonyl (C=O) groups is 1. The minimum atomic E-state index is 0.0647. The summed E-state index contributed by atoms with van der Waals surface area (Å²) in [6, 6.07) is 13.6. The largest absolute Gasteiger partial charge is 0.368 e. The van der Waals surface area contributed by atoms with Gasteiger partial charge in [0.25, 0.3) is 5.91 Å². The summed E-state index contributed by atoms with van der Waals surface area (Å²) in [5.74, 6) is 0.0647. The Balaban J connectivity index is 1.53. The number of aryl methyl sites for hydroxylation is 1. The fourth-order valence-corrected chi connectivity index (χ4v) is 4.05. The van der Waals surface area contributed by atoms with Crippen molar-refractivity contribution >= 4 is 45.7 Å². The Hall–Kier alpha value is -2.17. The van der Waals surface area contributed by atoms with Gasteiger partial charge in [-0.05, 0) is 54.4 Å². The van der Waals surface area contributed by atoms with Gasteiger partial charge in [0.2, 0.25) is 0 Å². The second-order valence-electron chi connectivity index (χ2n) is 6.78. The first-order chi connectivity index (χ1) is 13.1. The monoisotopic (exact) mass is 401 g/mol. The molecule has 2 heterocycles. The minimum Gasteiger partial charge on any atom is -0.368 e. The number of H-pyrrole nitrogens is 1. The van der Waals surface area contributed by atoms with Crippen LogP contribution in [0, 0.1) is 0 Å². The first-order valence-electron chi connectivity index (χ1n) is 9.16. The number of hydrogen-bond donors (Lipinski definition) is 1. The average molecular weight is 402 g/mol. The van der Waals surface area contributed by atoms with Gasteiger partial charge >= 0.3 is 0 Å². The van der Waals surface area contributed by atoms with Crippen LogP contribution >= 0.6 is 23.2 Å². The van der Waals surface area contributed by atoms with E-state index in [1.807, 2.05) is 47.4 Å². The number of aromatic nitrogens is 1. The third kappa shape index (κ3) is 3.52. The maximum Gasteiger partial charge on any atom is 0.270 e. The summed E-state index contributed by atoms with van der Waals surface area (Å²) in [5, 5.41) is 2.46. The molecule has 1 aliphatic heterocycles. The number of nitrogens with zero attached hydrogens (tertiary/aromatic N) is 2. The van der Waals surface area contributed by atoms with E-state index in [1.54, 1.807) is 0 Å². The maximum atomic E-state index is 13.1. The molecular weight excluding hydrogens is 381 g/mol. The normalized spacial score (nSPS) is 14.8. The zero-order valence-corrected chi connectivity index (χ0v) is 16.6. The number of anilines is 1. The lowest BCUT2D eigenvalue weighted by Crippen LogP contribution is -2.49. The zero-order valence-electron chi connectivity index (χ0n) is 15.1. The smallest absolute Gasteiger partial charge is 0.270 e. The van der Waals surface area contributed by atoms with E-state index in [1.165, 1.54) is 0 Å². The van der Waals surface area contributed by atoms with Gasteiger partial charge in [0, 0.05) is 52.8 Å². The molecule has 0 radical (unpaired) electrons. The van der Waals surface area contributed by atoms with Gasteiger partial charge in [0.1, 0.15) is 5.69 Å². The number of nitrogens with one attached hydrogen (secondary N) is 1. The van der Waals surface area contributed by atoms with Crippen LogP contribution < -0.4 is 4.90 Å². The molecule has 0 aliphatic carbocycles. The molecule has 1 amide bonds. The molecule has 4 nitrogen and oxygen atoms in total. The van der Waals surface area contributed by atoms with E-state index >= 15 is 0 Å². The summed E-state index contributed by atoms with van der Waals surface area (Å²) in [6.45, 7) is 5.07. The summed E-state index contributed by atoms with van der Waals surface area (Å²) in [5.41, 5.74) is 3.83. The molecule has 140 valence electrons. The van der Waals surface area contributed by atoms with Gasteiger partial charge in [-0.2, -0.15) is 0 Å². The second kappa shape index (κ2) is 7.45. The number of rotatable bonds is 3. The number of halogens is 2. The number of aromatic amines is 1. The Labute approximate surface area is 168 Å². The molecule has 0 bridgehead atoms. The molecule has 3 aromatic rings. The highest BCUT2D eigenvalue weighted by atomic mass is 35.5. The van der Waals surface area contributed by atoms with E-state index in [-0.39, 0.29) is 5.91 Å². The molecule has 1 saturated heterocycles. The lowest BCUT2D eigenvalue weighted by Gasteiger charge is -2.36. The van der Waals surface area contributed by atoms with Crippen molar-refractivity contribution in [2.24, 2.45) is 0 Å². The Morgan fingerprint density at radius 1 is 1.00 bits per heavy atom. The number of hydrogen-bond acceptors (Lipinski definition) is 2. The Kier molecular flexibility index (Phi) is 5.02. The minimum absolute atomic E-state index is 0.0647. The molecule has 1 aliphatic rings. The molecule has 1 aromatic heterocycles. The Bertz CT molecular complexity index is 973. The van der Waals surface area contributed by atoms with Crippen molar-refractivity contribution in [2.45, 2.75) is 13.3 Å². The molecule has 27 heavy (non-hydrogen) atoms. The number of amides is 1. The lowest BCUT2D eigenvalue weighted by atomic mass is 10.1. The number of piperazine rings is 1. The molecule has 0 atom stereocenters. The molecule has 2 aromatic carbocycles. The molecule has 6 heteroatoms. The summed E-state index contributed by atoms with van der Waals surface area (Å²) in [6.07, 6.45) is 0.784. The van der Waals surface area contributed by atoms with Gasteiger partial charge in [-0.1, -0.05) is 30.1 Å². The van der Waals surface area contributed by atoms with Crippen molar-refractivity contribution in [3.8, 4) is 0 Å². The van der Waals surface area contributed by atoms with Crippen LogP contribution in [-0.4, -0.2) is 42.0 Å². The van der Waals surface area contributed by atoms with Crippen LogP contribution in [0.4, 0.5) is 5.69 Å². The van der Waals surface area contributed by atoms with Crippen LogP contribution in [0.15, 0.2) is 42.5 Å². The van der Waals surface area contributed by atoms with Crippen LogP contribution in [0.3, 0.4) is 0 Å². The number of benzene rings is 2. The second-order valence-corrected chi connectivity index (χ2v) is 7.65. The van der Waals surface area contributed by atoms with Crippen LogP contribution in [0.2, 0.25) is 10.0 Å². The third-order valence-corrected chi connectivity index (χ3v) is 5.68. The highest BCUT2D eigenvalue weighted by Crippen LogP contribution is 2.27. The lowest BCUT2D eigenvalue weighted by molar-refractivity contribution is 0.0741. The average Bonchev–Trinajstić information content (AvgIpc) is 3.06. The molecule has 1 N–H and O–H groups in total. The van der Waals surface area contributed by atoms with Crippen LogP contribution in [0.1, 0.15) is 23.0 Å². The van der Waals surface area contributed by atoms with E-state index in [4.69, 9.17) is 23.2 Å². The van der Waals surface area contributed by atoms with E-state index < -0.39 is 0 Å². The number of carbonyl (C=O) groups excluding carboxylic acids is 1. The highest BCUT2D eigenvalue weighted by Gasteiger charge is 2.26. The Morgan fingerprint density at radius 3 is 2.33 bits per heavy atom. The van der Waals surface area contributed by atoms with Crippen molar-refractivity contribution in [1.29, 1.82) is 0 Å². The topological polar surface area (TPSA) is 39.3 Å². The molecule has 4 rings (SSSR count). The van der Waals surface area contributed by atoms with Crippen molar-refractivity contribution in [2.75, 3.05) is 31.1 Å². The van der Waals surface area contributed by atoms with Crippen molar-refractivity contribution in [3.63, 3.8) is 0 Å². The summed E-state index contributed by atoms with van der Waals surface area (Å²) < 4.78 is 0. The molecule has 1 fully saturated rings. The maximum absolute atomic E-state index is 13.1. The molecular formula is C21H21Cl2N3O. The Morgan fingerprint density at radius 2 is 1.67 bits per heavy atom. The van der Waals surface area contributed by atoms with Crippen LogP contribution in [-0.2, 0) is 6.42 Å². The van der Waals surface area contributed by atoms with Crippen molar-refractivity contribution in [1.82, 2.24) is 9.88 Å². The van der Waals surface area contributed by atoms with E-state index in [9.17, 15) is 4.79 Å². The molecule has 0 saturated carbocycles. The van der Waals surface area contributed by atoms with Gasteiger partial charge < -0.3 is 14.8 Å². The van der Waals surface area contributed by atoms with Gasteiger partial charge in [0.05, 0.1) is 0 Å². The van der Waals surface area contributed by atoms with Crippen LogP contribution in [0.25, 0.3) is 10.9 Å². The highest BCUT2D eigenvalue weighted by molar-refractivity contribution is 6.31. The summed E-state index contributed by atoms with van der Waals surface area (Å²) in [4.78, 5) is 20.7. The van der Waals surface area contributed by atoms with Gasteiger partial charge in [0.15, 0.2) is 0 Å². The quantitative estimate of drug-likeness (QED) is 0.670. The van der Waals surface area contributed by atoms with Crippen molar-refractivity contribution in [3.05, 3.63) is 63.8 Å². The van der Waals surface area contributed by atoms with Gasteiger partial charge in [-0.15, -0.1) is 0 Å². The first-order valence-corrected chi connectivity index (χ1v) is 9.92. The van der Waals surface area contributed by atoms with Crippen LogP contribution in [0.5, 0.6) is 0 Å². The summed E-state index contributed by atoms with van der Waals surface area (Å²) >= 11 is 12.1. The third-order valence-electron chi connectivity index (χ3n) is 5.19. The SMILES string of the molecule is CCc1c(C(=O)N2CCN(c3ccc(Cl)cc3)CC2)[nH]c2ccc(Cl)cc12. The fraction of sp³-hybridized carbons (Fsp3) is 0.286. The predicted molar refractivity (Wildman–Crippen MR) is 112 cm³/mol. The van der Waals surface area contributed by atoms with E-state index in [0.717, 1.165) is 46.7 Å².